The first-order valence-electron chi connectivity index (χ1n) is 6.45. The van der Waals surface area contributed by atoms with Crippen molar-refractivity contribution in [2.75, 3.05) is 5.75 Å². The van der Waals surface area contributed by atoms with Gasteiger partial charge in [0, 0.05) is 10.9 Å². The Morgan fingerprint density at radius 1 is 1.40 bits per heavy atom. The van der Waals surface area contributed by atoms with Crippen LogP contribution in [0.4, 0.5) is 0 Å². The predicted octanol–water partition coefficient (Wildman–Crippen LogP) is 4.40. The molecule has 1 heterocycles. The van der Waals surface area contributed by atoms with Crippen LogP contribution in [0, 0.1) is 6.92 Å². The molecule has 0 aliphatic carbocycles. The molecule has 0 unspecified atom stereocenters. The average Bonchev–Trinajstić information content (AvgIpc) is 2.79. The Balaban J connectivity index is 2.13. The zero-order chi connectivity index (χ0) is 14.7. The van der Waals surface area contributed by atoms with Crippen molar-refractivity contribution in [2.45, 2.75) is 31.7 Å². The SMILES string of the molecule is Cc1ccccc1SCC(=O)c1c(Cl)cnn1C(C)C. The van der Waals surface area contributed by atoms with Crippen LogP contribution in [0.3, 0.4) is 0 Å². The fraction of sp³-hybridized carbons (Fsp3) is 0.333. The molecule has 5 heteroatoms. The van der Waals surface area contributed by atoms with Crippen molar-refractivity contribution in [3.63, 3.8) is 0 Å². The summed E-state index contributed by atoms with van der Waals surface area (Å²) in [6.07, 6.45) is 1.53. The largest absolute Gasteiger partial charge is 0.291 e. The third kappa shape index (κ3) is 3.25. The van der Waals surface area contributed by atoms with E-state index < -0.39 is 0 Å². The standard InChI is InChI=1S/C15H17ClN2OS/c1-10(2)18-15(12(16)8-17-18)13(19)9-20-14-7-5-4-6-11(14)3/h4-8,10H,9H2,1-3H3. The van der Waals surface area contributed by atoms with Crippen molar-refractivity contribution in [2.24, 2.45) is 0 Å². The molecule has 0 fully saturated rings. The van der Waals surface area contributed by atoms with E-state index in [4.69, 9.17) is 11.6 Å². The summed E-state index contributed by atoms with van der Waals surface area (Å²) in [6, 6.07) is 8.15. The molecule has 2 aromatic rings. The van der Waals surface area contributed by atoms with Crippen LogP contribution in [0.25, 0.3) is 0 Å². The molecule has 0 amide bonds. The molecule has 0 spiro atoms. The van der Waals surface area contributed by atoms with Crippen molar-refractivity contribution in [3.8, 4) is 0 Å². The third-order valence-electron chi connectivity index (χ3n) is 2.96. The first-order chi connectivity index (χ1) is 9.50. The normalized spacial score (nSPS) is 11.1. The van der Waals surface area contributed by atoms with Gasteiger partial charge in [-0.1, -0.05) is 29.8 Å². The average molecular weight is 309 g/mol. The second-order valence-corrected chi connectivity index (χ2v) is 6.28. The van der Waals surface area contributed by atoms with E-state index in [-0.39, 0.29) is 11.8 Å². The van der Waals surface area contributed by atoms with Gasteiger partial charge >= 0.3 is 0 Å². The van der Waals surface area contributed by atoms with Gasteiger partial charge in [0.25, 0.3) is 0 Å². The molecular formula is C15H17ClN2OS. The minimum Gasteiger partial charge on any atom is -0.291 e. The molecular weight excluding hydrogens is 292 g/mol. The molecule has 0 saturated heterocycles. The monoisotopic (exact) mass is 308 g/mol. The number of hydrogen-bond acceptors (Lipinski definition) is 3. The first kappa shape index (κ1) is 15.1. The molecule has 1 aromatic heterocycles. The van der Waals surface area contributed by atoms with Gasteiger partial charge in [-0.05, 0) is 32.4 Å². The Morgan fingerprint density at radius 3 is 2.75 bits per heavy atom. The highest BCUT2D eigenvalue weighted by Crippen LogP contribution is 2.25. The highest BCUT2D eigenvalue weighted by atomic mass is 35.5. The van der Waals surface area contributed by atoms with Crippen LogP contribution in [-0.2, 0) is 0 Å². The van der Waals surface area contributed by atoms with Gasteiger partial charge in [0.1, 0.15) is 5.69 Å². The van der Waals surface area contributed by atoms with Gasteiger partial charge in [0.15, 0.2) is 5.78 Å². The number of carbonyl (C=O) groups excluding carboxylic acids is 1. The molecule has 1 aromatic carbocycles. The number of aromatic nitrogens is 2. The number of Topliss-reactive ketones (excluding diaryl/α,β-unsaturated/α-hetero) is 1. The predicted molar refractivity (Wildman–Crippen MR) is 83.9 cm³/mol. The second-order valence-electron chi connectivity index (χ2n) is 4.86. The van der Waals surface area contributed by atoms with E-state index >= 15 is 0 Å². The maximum atomic E-state index is 12.4. The van der Waals surface area contributed by atoms with E-state index in [1.54, 1.807) is 4.68 Å². The number of benzene rings is 1. The molecule has 0 saturated carbocycles. The van der Waals surface area contributed by atoms with Crippen molar-refractivity contribution < 1.29 is 4.79 Å². The van der Waals surface area contributed by atoms with E-state index in [2.05, 4.69) is 5.10 Å². The van der Waals surface area contributed by atoms with Crippen LogP contribution >= 0.6 is 23.4 Å². The highest BCUT2D eigenvalue weighted by Gasteiger charge is 2.19. The van der Waals surface area contributed by atoms with Gasteiger partial charge in [-0.25, -0.2) is 0 Å². The third-order valence-corrected chi connectivity index (χ3v) is 4.41. The van der Waals surface area contributed by atoms with Crippen LogP contribution in [0.1, 0.15) is 35.9 Å². The van der Waals surface area contributed by atoms with Crippen LogP contribution in [0.15, 0.2) is 35.4 Å². The van der Waals surface area contributed by atoms with Crippen molar-refractivity contribution in [1.82, 2.24) is 9.78 Å². The maximum Gasteiger partial charge on any atom is 0.192 e. The summed E-state index contributed by atoms with van der Waals surface area (Å²) in [7, 11) is 0. The smallest absolute Gasteiger partial charge is 0.192 e. The number of hydrogen-bond donors (Lipinski definition) is 0. The van der Waals surface area contributed by atoms with Crippen molar-refractivity contribution in [3.05, 3.63) is 46.7 Å². The fourth-order valence-electron chi connectivity index (χ4n) is 1.92. The number of rotatable bonds is 5. The molecule has 0 atom stereocenters. The van der Waals surface area contributed by atoms with Crippen molar-refractivity contribution in [1.29, 1.82) is 0 Å². The van der Waals surface area contributed by atoms with Crippen molar-refractivity contribution >= 4 is 29.1 Å². The maximum absolute atomic E-state index is 12.4. The number of nitrogens with zero attached hydrogens (tertiary/aromatic N) is 2. The Bertz CT molecular complexity index is 622. The van der Waals surface area contributed by atoms with Gasteiger partial charge in [-0.3, -0.25) is 9.48 Å². The zero-order valence-electron chi connectivity index (χ0n) is 11.8. The van der Waals surface area contributed by atoms with E-state index in [9.17, 15) is 4.79 Å². The van der Waals surface area contributed by atoms with Crippen LogP contribution in [0.2, 0.25) is 5.02 Å². The second kappa shape index (κ2) is 6.46. The summed E-state index contributed by atoms with van der Waals surface area (Å²) in [6.45, 7) is 6.00. The van der Waals surface area contributed by atoms with Gasteiger partial charge in [-0.15, -0.1) is 11.8 Å². The van der Waals surface area contributed by atoms with Crippen LogP contribution < -0.4 is 0 Å². The minimum atomic E-state index is 0.00875. The number of aryl methyl sites for hydroxylation is 1. The molecule has 0 aliphatic heterocycles. The lowest BCUT2D eigenvalue weighted by Gasteiger charge is -2.10. The Morgan fingerprint density at radius 2 is 2.10 bits per heavy atom. The summed E-state index contributed by atoms with van der Waals surface area (Å²) in [5.74, 6) is 0.373. The molecule has 106 valence electrons. The van der Waals surface area contributed by atoms with Gasteiger partial charge in [0.05, 0.1) is 17.0 Å². The first-order valence-corrected chi connectivity index (χ1v) is 7.81. The molecule has 20 heavy (non-hydrogen) atoms. The van der Waals surface area contributed by atoms with Gasteiger partial charge in [0.2, 0.25) is 0 Å². The molecule has 0 bridgehead atoms. The Kier molecular flexibility index (Phi) is 4.89. The lowest BCUT2D eigenvalue weighted by Crippen LogP contribution is -2.14. The lowest BCUT2D eigenvalue weighted by molar-refractivity contribution is 0.101. The quantitative estimate of drug-likeness (QED) is 0.606. The molecule has 0 aliphatic rings. The minimum absolute atomic E-state index is 0.00875. The van der Waals surface area contributed by atoms with Crippen LogP contribution in [0.5, 0.6) is 0 Å². The fourth-order valence-corrected chi connectivity index (χ4v) is 3.05. The highest BCUT2D eigenvalue weighted by molar-refractivity contribution is 8.00. The molecule has 0 radical (unpaired) electrons. The Hall–Kier alpha value is -1.26. The zero-order valence-corrected chi connectivity index (χ0v) is 13.3. The van der Waals surface area contributed by atoms with E-state index in [1.807, 2.05) is 45.0 Å². The lowest BCUT2D eigenvalue weighted by atomic mass is 10.2. The van der Waals surface area contributed by atoms with Crippen LogP contribution in [-0.4, -0.2) is 21.3 Å². The summed E-state index contributed by atoms with van der Waals surface area (Å²) in [5, 5.41) is 4.59. The van der Waals surface area contributed by atoms with Gasteiger partial charge < -0.3 is 0 Å². The van der Waals surface area contributed by atoms with E-state index in [1.165, 1.54) is 23.5 Å². The van der Waals surface area contributed by atoms with Gasteiger partial charge in [-0.2, -0.15) is 5.10 Å². The van der Waals surface area contributed by atoms with E-state index in [0.717, 1.165) is 4.90 Å². The molecule has 0 N–H and O–H groups in total. The topological polar surface area (TPSA) is 34.9 Å². The number of halogens is 1. The summed E-state index contributed by atoms with van der Waals surface area (Å²) in [4.78, 5) is 13.5. The number of carbonyl (C=O) groups is 1. The summed E-state index contributed by atoms with van der Waals surface area (Å²) >= 11 is 7.62. The Labute approximate surface area is 128 Å². The molecule has 3 nitrogen and oxygen atoms in total. The number of thioether (sulfide) groups is 1. The molecule has 2 rings (SSSR count). The van der Waals surface area contributed by atoms with E-state index in [0.29, 0.717) is 16.5 Å². The summed E-state index contributed by atoms with van der Waals surface area (Å²) in [5.41, 5.74) is 1.68. The number of ketones is 1. The summed E-state index contributed by atoms with van der Waals surface area (Å²) < 4.78 is 1.68.